The van der Waals surface area contributed by atoms with Crippen molar-refractivity contribution in [2.24, 2.45) is 5.92 Å². The van der Waals surface area contributed by atoms with Crippen LogP contribution in [0, 0.1) is 5.92 Å². The summed E-state index contributed by atoms with van der Waals surface area (Å²) in [4.78, 5) is 2.57. The van der Waals surface area contributed by atoms with Crippen LogP contribution in [0.15, 0.2) is 0 Å². The summed E-state index contributed by atoms with van der Waals surface area (Å²) >= 11 is 0. The quantitative estimate of drug-likeness (QED) is 0.735. The van der Waals surface area contributed by atoms with Crippen LogP contribution in [0.2, 0.25) is 0 Å². The van der Waals surface area contributed by atoms with E-state index in [4.69, 9.17) is 0 Å². The molecular weight excluding hydrogens is 208 g/mol. The van der Waals surface area contributed by atoms with Crippen molar-refractivity contribution >= 4 is 0 Å². The van der Waals surface area contributed by atoms with Crippen LogP contribution >= 0.6 is 0 Å². The van der Waals surface area contributed by atoms with E-state index in [0.29, 0.717) is 0 Å². The maximum atomic E-state index is 3.68. The van der Waals surface area contributed by atoms with Gasteiger partial charge in [0.15, 0.2) is 0 Å². The molecule has 0 heterocycles. The molecule has 1 rings (SSSR count). The maximum absolute atomic E-state index is 3.68. The van der Waals surface area contributed by atoms with Crippen molar-refractivity contribution in [3.63, 3.8) is 0 Å². The van der Waals surface area contributed by atoms with E-state index >= 15 is 0 Å². The normalized spacial score (nSPS) is 27.4. The Balaban J connectivity index is 2.40. The zero-order valence-corrected chi connectivity index (χ0v) is 12.3. The third-order valence-electron chi connectivity index (χ3n) is 4.36. The molecule has 1 aliphatic carbocycles. The molecule has 3 atom stereocenters. The SMILES string of the molecule is CCCC(C)N(C)CC1CCCCC1NCC. The molecule has 0 amide bonds. The minimum atomic E-state index is 0.740. The fourth-order valence-corrected chi connectivity index (χ4v) is 3.15. The van der Waals surface area contributed by atoms with Gasteiger partial charge in [-0.1, -0.05) is 33.1 Å². The number of hydrogen-bond acceptors (Lipinski definition) is 2. The van der Waals surface area contributed by atoms with Crippen LogP contribution in [-0.2, 0) is 0 Å². The standard InChI is InChI=1S/C15H32N2/c1-5-9-13(3)17(4)12-14-10-7-8-11-15(14)16-6-2/h13-16H,5-12H2,1-4H3. The van der Waals surface area contributed by atoms with Crippen molar-refractivity contribution in [1.82, 2.24) is 10.2 Å². The minimum Gasteiger partial charge on any atom is -0.314 e. The zero-order chi connectivity index (χ0) is 12.7. The van der Waals surface area contributed by atoms with E-state index < -0.39 is 0 Å². The van der Waals surface area contributed by atoms with Gasteiger partial charge in [-0.3, -0.25) is 0 Å². The third-order valence-corrected chi connectivity index (χ3v) is 4.36. The highest BCUT2D eigenvalue weighted by atomic mass is 15.1. The Morgan fingerprint density at radius 3 is 2.59 bits per heavy atom. The molecule has 0 aromatic rings. The van der Waals surface area contributed by atoms with Crippen LogP contribution in [-0.4, -0.2) is 37.1 Å². The van der Waals surface area contributed by atoms with Crippen LogP contribution in [0.25, 0.3) is 0 Å². The van der Waals surface area contributed by atoms with Crippen LogP contribution in [0.4, 0.5) is 0 Å². The molecule has 17 heavy (non-hydrogen) atoms. The Morgan fingerprint density at radius 2 is 1.94 bits per heavy atom. The molecule has 0 aliphatic heterocycles. The summed E-state index contributed by atoms with van der Waals surface area (Å²) in [6.07, 6.45) is 8.28. The molecule has 1 fully saturated rings. The first-order valence-corrected chi connectivity index (χ1v) is 7.62. The van der Waals surface area contributed by atoms with Gasteiger partial charge in [0.25, 0.3) is 0 Å². The van der Waals surface area contributed by atoms with E-state index in [1.807, 2.05) is 0 Å². The van der Waals surface area contributed by atoms with Gasteiger partial charge in [0, 0.05) is 18.6 Å². The molecule has 1 N–H and O–H groups in total. The molecule has 2 heteroatoms. The second-order valence-corrected chi connectivity index (χ2v) is 5.79. The first-order chi connectivity index (χ1) is 8.19. The van der Waals surface area contributed by atoms with Gasteiger partial charge in [-0.25, -0.2) is 0 Å². The Bertz CT molecular complexity index is 191. The second-order valence-electron chi connectivity index (χ2n) is 5.79. The summed E-state index contributed by atoms with van der Waals surface area (Å²) in [7, 11) is 2.30. The molecule has 2 nitrogen and oxygen atoms in total. The summed E-state index contributed by atoms with van der Waals surface area (Å²) in [6, 6.07) is 1.51. The largest absolute Gasteiger partial charge is 0.314 e. The summed E-state index contributed by atoms with van der Waals surface area (Å²) in [6.45, 7) is 9.28. The number of hydrogen-bond donors (Lipinski definition) is 1. The van der Waals surface area contributed by atoms with Gasteiger partial charge in [-0.2, -0.15) is 0 Å². The fourth-order valence-electron chi connectivity index (χ4n) is 3.15. The zero-order valence-electron chi connectivity index (χ0n) is 12.3. The first-order valence-electron chi connectivity index (χ1n) is 7.62. The highest BCUT2D eigenvalue weighted by molar-refractivity contribution is 4.83. The number of nitrogens with one attached hydrogen (secondary N) is 1. The van der Waals surface area contributed by atoms with Crippen molar-refractivity contribution in [2.75, 3.05) is 20.1 Å². The van der Waals surface area contributed by atoms with Gasteiger partial charge in [0.1, 0.15) is 0 Å². The van der Waals surface area contributed by atoms with E-state index in [2.05, 4.69) is 38.0 Å². The molecular formula is C15H32N2. The predicted octanol–water partition coefficient (Wildman–Crippen LogP) is 3.28. The lowest BCUT2D eigenvalue weighted by atomic mass is 9.84. The average molecular weight is 240 g/mol. The molecule has 0 spiro atoms. The first kappa shape index (κ1) is 15.0. The molecule has 3 unspecified atom stereocenters. The van der Waals surface area contributed by atoms with Gasteiger partial charge in [0.05, 0.1) is 0 Å². The predicted molar refractivity (Wildman–Crippen MR) is 76.4 cm³/mol. The lowest BCUT2D eigenvalue weighted by Gasteiger charge is -2.36. The number of rotatable bonds is 7. The molecule has 0 bridgehead atoms. The Morgan fingerprint density at radius 1 is 1.24 bits per heavy atom. The van der Waals surface area contributed by atoms with Gasteiger partial charge < -0.3 is 10.2 Å². The fraction of sp³-hybridized carbons (Fsp3) is 1.00. The van der Waals surface area contributed by atoms with Gasteiger partial charge in [-0.15, -0.1) is 0 Å². The minimum absolute atomic E-state index is 0.740. The van der Waals surface area contributed by atoms with Crippen LogP contribution in [0.5, 0.6) is 0 Å². The van der Waals surface area contributed by atoms with Gasteiger partial charge in [0.2, 0.25) is 0 Å². The second kappa shape index (κ2) is 8.10. The van der Waals surface area contributed by atoms with Crippen LogP contribution in [0.3, 0.4) is 0 Å². The average Bonchev–Trinajstić information content (AvgIpc) is 2.32. The lowest BCUT2D eigenvalue weighted by Crippen LogP contribution is -2.45. The molecule has 0 saturated heterocycles. The van der Waals surface area contributed by atoms with Crippen LogP contribution in [0.1, 0.15) is 59.3 Å². The number of nitrogens with zero attached hydrogens (tertiary/aromatic N) is 1. The van der Waals surface area contributed by atoms with Crippen molar-refractivity contribution < 1.29 is 0 Å². The Hall–Kier alpha value is -0.0800. The van der Waals surface area contributed by atoms with Crippen molar-refractivity contribution in [3.05, 3.63) is 0 Å². The summed E-state index contributed by atoms with van der Waals surface area (Å²) in [5.74, 6) is 0.869. The molecule has 0 aromatic heterocycles. The summed E-state index contributed by atoms with van der Waals surface area (Å²) < 4.78 is 0. The van der Waals surface area contributed by atoms with Crippen molar-refractivity contribution in [3.8, 4) is 0 Å². The Kier molecular flexibility index (Phi) is 7.14. The highest BCUT2D eigenvalue weighted by Gasteiger charge is 2.26. The summed E-state index contributed by atoms with van der Waals surface area (Å²) in [5.41, 5.74) is 0. The highest BCUT2D eigenvalue weighted by Crippen LogP contribution is 2.25. The Labute approximate surface area is 108 Å². The van der Waals surface area contributed by atoms with Gasteiger partial charge >= 0.3 is 0 Å². The molecule has 0 radical (unpaired) electrons. The molecule has 1 aliphatic rings. The van der Waals surface area contributed by atoms with Crippen molar-refractivity contribution in [1.29, 1.82) is 0 Å². The van der Waals surface area contributed by atoms with Crippen molar-refractivity contribution in [2.45, 2.75) is 71.4 Å². The lowest BCUT2D eigenvalue weighted by molar-refractivity contribution is 0.156. The smallest absolute Gasteiger partial charge is 0.0107 e. The van der Waals surface area contributed by atoms with Gasteiger partial charge in [-0.05, 0) is 45.7 Å². The van der Waals surface area contributed by atoms with E-state index in [9.17, 15) is 0 Å². The maximum Gasteiger partial charge on any atom is 0.0107 e. The van der Waals surface area contributed by atoms with E-state index in [1.54, 1.807) is 0 Å². The van der Waals surface area contributed by atoms with Crippen LogP contribution < -0.4 is 5.32 Å². The third kappa shape index (κ3) is 4.97. The summed E-state index contributed by atoms with van der Waals surface area (Å²) in [5, 5.41) is 3.68. The van der Waals surface area contributed by atoms with E-state index in [-0.39, 0.29) is 0 Å². The van der Waals surface area contributed by atoms with E-state index in [1.165, 1.54) is 45.1 Å². The molecule has 1 saturated carbocycles. The molecule has 102 valence electrons. The molecule has 0 aromatic carbocycles. The van der Waals surface area contributed by atoms with E-state index in [0.717, 1.165) is 24.5 Å². The monoisotopic (exact) mass is 240 g/mol. The topological polar surface area (TPSA) is 15.3 Å².